The molecule has 3 heteroatoms. The van der Waals surface area contributed by atoms with Crippen molar-refractivity contribution in [3.63, 3.8) is 0 Å². The topological polar surface area (TPSA) is 25.2 Å². The second-order valence-corrected chi connectivity index (χ2v) is 7.43. The molecule has 0 bridgehead atoms. The van der Waals surface area contributed by atoms with E-state index in [-0.39, 0.29) is 11.5 Å². The second-order valence-electron chi connectivity index (χ2n) is 6.43. The number of thiophene rings is 1. The van der Waals surface area contributed by atoms with Crippen molar-refractivity contribution in [1.29, 1.82) is 0 Å². The van der Waals surface area contributed by atoms with Crippen molar-refractivity contribution in [1.82, 2.24) is 4.57 Å². The number of aryl methyl sites for hydroxylation is 1. The molecule has 0 saturated heterocycles. The molecule has 0 amide bonds. The summed E-state index contributed by atoms with van der Waals surface area (Å²) in [4.78, 5) is 1.41. The quantitative estimate of drug-likeness (QED) is 0.883. The zero-order chi connectivity index (χ0) is 13.6. The van der Waals surface area contributed by atoms with Gasteiger partial charge in [0.25, 0.3) is 0 Å². The molecule has 0 saturated carbocycles. The average Bonchev–Trinajstić information content (AvgIpc) is 2.87. The first-order chi connectivity index (χ1) is 8.96. The molecule has 1 atom stereocenters. The van der Waals surface area contributed by atoms with Crippen molar-refractivity contribution in [2.75, 3.05) is 0 Å². The third-order valence-electron chi connectivity index (χ3n) is 4.15. The fourth-order valence-electron chi connectivity index (χ4n) is 3.06. The van der Waals surface area contributed by atoms with Gasteiger partial charge in [0.2, 0.25) is 0 Å². The van der Waals surface area contributed by atoms with Crippen molar-refractivity contribution in [3.8, 4) is 0 Å². The van der Waals surface area contributed by atoms with Crippen LogP contribution in [0.2, 0.25) is 0 Å². The first kappa shape index (κ1) is 12.9. The zero-order valence-corrected chi connectivity index (χ0v) is 12.6. The summed E-state index contributed by atoms with van der Waals surface area (Å²) in [6, 6.07) is 4.27. The number of nitrogens with zero attached hydrogens (tertiary/aromatic N) is 1. The third kappa shape index (κ3) is 2.37. The summed E-state index contributed by atoms with van der Waals surface area (Å²) in [6.45, 7) is 7.59. The highest BCUT2D eigenvalue weighted by atomic mass is 32.1. The highest BCUT2D eigenvalue weighted by molar-refractivity contribution is 7.10. The molecule has 19 heavy (non-hydrogen) atoms. The van der Waals surface area contributed by atoms with E-state index in [0.29, 0.717) is 0 Å². The molecule has 1 aliphatic rings. The number of aliphatic hydroxyl groups is 1. The Balaban J connectivity index is 1.95. The lowest BCUT2D eigenvalue weighted by Crippen LogP contribution is -2.26. The van der Waals surface area contributed by atoms with Crippen LogP contribution in [-0.2, 0) is 13.0 Å². The molecule has 0 aliphatic heterocycles. The van der Waals surface area contributed by atoms with E-state index in [1.54, 1.807) is 0 Å². The zero-order valence-electron chi connectivity index (χ0n) is 11.8. The monoisotopic (exact) mass is 275 g/mol. The Morgan fingerprint density at radius 1 is 1.42 bits per heavy atom. The van der Waals surface area contributed by atoms with Crippen LogP contribution < -0.4 is 0 Å². The van der Waals surface area contributed by atoms with Gasteiger partial charge in [0.1, 0.15) is 0 Å². The van der Waals surface area contributed by atoms with E-state index in [1.807, 2.05) is 11.3 Å². The van der Waals surface area contributed by atoms with Gasteiger partial charge in [-0.1, -0.05) is 13.8 Å². The summed E-state index contributed by atoms with van der Waals surface area (Å²) < 4.78 is 2.32. The van der Waals surface area contributed by atoms with Crippen molar-refractivity contribution < 1.29 is 5.11 Å². The molecule has 2 aromatic rings. The second kappa shape index (κ2) is 4.50. The molecule has 1 N–H and O–H groups in total. The van der Waals surface area contributed by atoms with Gasteiger partial charge in [0.05, 0.1) is 12.6 Å². The number of fused-ring (bicyclic) bond motifs is 1. The standard InChI is InChI=1S/C16H21NOS/c1-11-5-7-19-15(11)10-17-6-4-12-13(17)8-16(2,3)9-14(12)18/h4-7,14,18H,8-10H2,1-3H3. The molecular weight excluding hydrogens is 254 g/mol. The van der Waals surface area contributed by atoms with Crippen LogP contribution in [0.1, 0.15) is 48.1 Å². The first-order valence-corrected chi connectivity index (χ1v) is 7.73. The van der Waals surface area contributed by atoms with Crippen LogP contribution in [0.4, 0.5) is 0 Å². The summed E-state index contributed by atoms with van der Waals surface area (Å²) in [7, 11) is 0. The van der Waals surface area contributed by atoms with E-state index in [4.69, 9.17) is 0 Å². The Hall–Kier alpha value is -1.06. The van der Waals surface area contributed by atoms with Gasteiger partial charge in [-0.05, 0) is 48.3 Å². The van der Waals surface area contributed by atoms with Gasteiger partial charge in [-0.15, -0.1) is 11.3 Å². The lowest BCUT2D eigenvalue weighted by molar-refractivity contribution is 0.0981. The summed E-state index contributed by atoms with van der Waals surface area (Å²) in [5, 5.41) is 12.4. The first-order valence-electron chi connectivity index (χ1n) is 6.85. The summed E-state index contributed by atoms with van der Waals surface area (Å²) >= 11 is 1.82. The molecule has 2 nitrogen and oxygen atoms in total. The Morgan fingerprint density at radius 2 is 2.21 bits per heavy atom. The van der Waals surface area contributed by atoms with Gasteiger partial charge in [-0.3, -0.25) is 0 Å². The molecule has 0 aromatic carbocycles. The predicted octanol–water partition coefficient (Wildman–Crippen LogP) is 3.91. The van der Waals surface area contributed by atoms with Crippen molar-refractivity contribution in [2.45, 2.75) is 46.3 Å². The minimum absolute atomic E-state index is 0.188. The average molecular weight is 275 g/mol. The molecule has 2 heterocycles. The molecule has 0 spiro atoms. The Bertz CT molecular complexity index is 594. The van der Waals surface area contributed by atoms with E-state index >= 15 is 0 Å². The number of aliphatic hydroxyl groups excluding tert-OH is 1. The Morgan fingerprint density at radius 3 is 2.89 bits per heavy atom. The molecule has 1 unspecified atom stereocenters. The molecule has 0 radical (unpaired) electrons. The molecule has 1 aliphatic carbocycles. The molecule has 3 rings (SSSR count). The molecule has 0 fully saturated rings. The normalized spacial score (nSPS) is 21.4. The maximum absolute atomic E-state index is 10.3. The Labute approximate surface area is 118 Å². The van der Waals surface area contributed by atoms with Crippen molar-refractivity contribution in [3.05, 3.63) is 45.4 Å². The van der Waals surface area contributed by atoms with Crippen LogP contribution in [0, 0.1) is 12.3 Å². The molecular formula is C16H21NOS. The van der Waals surface area contributed by atoms with Crippen LogP contribution in [0.3, 0.4) is 0 Å². The number of hydrogen-bond acceptors (Lipinski definition) is 2. The summed E-state index contributed by atoms with van der Waals surface area (Å²) in [6.07, 6.45) is 3.75. The van der Waals surface area contributed by atoms with Gasteiger partial charge in [-0.25, -0.2) is 0 Å². The Kier molecular flexibility index (Phi) is 3.06. The van der Waals surface area contributed by atoms with Crippen LogP contribution in [0.25, 0.3) is 0 Å². The number of rotatable bonds is 2. The van der Waals surface area contributed by atoms with Gasteiger partial charge in [-0.2, -0.15) is 0 Å². The molecule has 102 valence electrons. The van der Waals surface area contributed by atoms with E-state index in [9.17, 15) is 5.11 Å². The fraction of sp³-hybridized carbons (Fsp3) is 0.500. The maximum atomic E-state index is 10.3. The van der Waals surface area contributed by atoms with Crippen molar-refractivity contribution >= 4 is 11.3 Å². The fourth-order valence-corrected chi connectivity index (χ4v) is 3.96. The smallest absolute Gasteiger partial charge is 0.0812 e. The minimum Gasteiger partial charge on any atom is -0.388 e. The van der Waals surface area contributed by atoms with Crippen LogP contribution in [0.5, 0.6) is 0 Å². The van der Waals surface area contributed by atoms with E-state index in [1.165, 1.54) is 16.1 Å². The summed E-state index contributed by atoms with van der Waals surface area (Å²) in [5.41, 5.74) is 4.00. The van der Waals surface area contributed by atoms with Crippen LogP contribution in [-0.4, -0.2) is 9.67 Å². The lowest BCUT2D eigenvalue weighted by atomic mass is 9.75. The summed E-state index contributed by atoms with van der Waals surface area (Å²) in [5.74, 6) is 0. The highest BCUT2D eigenvalue weighted by Crippen LogP contribution is 2.41. The van der Waals surface area contributed by atoms with E-state index in [0.717, 1.165) is 24.9 Å². The van der Waals surface area contributed by atoms with E-state index in [2.05, 4.69) is 49.0 Å². The van der Waals surface area contributed by atoms with Gasteiger partial charge in [0, 0.05) is 22.3 Å². The number of aromatic nitrogens is 1. The van der Waals surface area contributed by atoms with E-state index < -0.39 is 0 Å². The predicted molar refractivity (Wildman–Crippen MR) is 79.7 cm³/mol. The van der Waals surface area contributed by atoms with Gasteiger partial charge < -0.3 is 9.67 Å². The lowest BCUT2D eigenvalue weighted by Gasteiger charge is -2.34. The van der Waals surface area contributed by atoms with Crippen molar-refractivity contribution in [2.24, 2.45) is 5.41 Å². The van der Waals surface area contributed by atoms with Gasteiger partial charge >= 0.3 is 0 Å². The third-order valence-corrected chi connectivity index (χ3v) is 5.15. The van der Waals surface area contributed by atoms with Crippen LogP contribution in [0.15, 0.2) is 23.7 Å². The largest absolute Gasteiger partial charge is 0.388 e. The highest BCUT2D eigenvalue weighted by Gasteiger charge is 2.33. The van der Waals surface area contributed by atoms with Gasteiger partial charge in [0.15, 0.2) is 0 Å². The number of hydrogen-bond donors (Lipinski definition) is 1. The molecule has 2 aromatic heterocycles. The maximum Gasteiger partial charge on any atom is 0.0812 e. The SMILES string of the molecule is Cc1ccsc1Cn1ccc2c1CC(C)(C)CC2O. The van der Waals surface area contributed by atoms with Crippen LogP contribution >= 0.6 is 11.3 Å². The minimum atomic E-state index is -0.301.